The van der Waals surface area contributed by atoms with Crippen LogP contribution in [0.5, 0.6) is 0 Å². The Labute approximate surface area is 133 Å². The van der Waals surface area contributed by atoms with Gasteiger partial charge in [0.05, 0.1) is 12.3 Å². The molecule has 1 rings (SSSR count). The van der Waals surface area contributed by atoms with E-state index in [4.69, 9.17) is 9.72 Å². The van der Waals surface area contributed by atoms with Crippen molar-refractivity contribution < 1.29 is 4.74 Å². The topological polar surface area (TPSA) is 37.4 Å². The van der Waals surface area contributed by atoms with Crippen LogP contribution in [0.4, 0.5) is 5.13 Å². The van der Waals surface area contributed by atoms with Crippen LogP contribution in [0.25, 0.3) is 0 Å². The van der Waals surface area contributed by atoms with Crippen molar-refractivity contribution in [3.05, 3.63) is 10.6 Å². The fourth-order valence-corrected chi connectivity index (χ4v) is 3.34. The van der Waals surface area contributed by atoms with Gasteiger partial charge < -0.3 is 15.0 Å². The van der Waals surface area contributed by atoms with E-state index in [0.29, 0.717) is 12.1 Å². The number of thiazole rings is 1. The highest BCUT2D eigenvalue weighted by Crippen LogP contribution is 2.28. The Hall–Kier alpha value is -0.650. The lowest BCUT2D eigenvalue weighted by Gasteiger charge is -2.25. The van der Waals surface area contributed by atoms with E-state index in [1.165, 1.54) is 10.6 Å². The van der Waals surface area contributed by atoms with Crippen molar-refractivity contribution in [2.75, 3.05) is 25.2 Å². The van der Waals surface area contributed by atoms with Crippen LogP contribution >= 0.6 is 11.3 Å². The number of nitrogens with zero attached hydrogens (tertiary/aromatic N) is 2. The van der Waals surface area contributed by atoms with E-state index in [9.17, 15) is 0 Å². The number of methoxy groups -OCH3 is 1. The number of ether oxygens (including phenoxy) is 1. The summed E-state index contributed by atoms with van der Waals surface area (Å²) in [5.74, 6) is 0. The lowest BCUT2D eigenvalue weighted by molar-refractivity contribution is 0.204. The third kappa shape index (κ3) is 5.93. The molecule has 0 aliphatic carbocycles. The standard InChI is InChI=1S/C16H31N3OS/c1-7-8-14-15(11-17-12(2)3)21-16(18-14)19(13(4)5)9-10-20-6/h12-13,17H,7-11H2,1-6H3. The Morgan fingerprint density at radius 2 is 2.00 bits per heavy atom. The lowest BCUT2D eigenvalue weighted by atomic mass is 10.2. The minimum atomic E-state index is 0.437. The van der Waals surface area contributed by atoms with Gasteiger partial charge in [-0.05, 0) is 20.3 Å². The summed E-state index contributed by atoms with van der Waals surface area (Å²) < 4.78 is 5.23. The van der Waals surface area contributed by atoms with Crippen molar-refractivity contribution >= 4 is 16.5 Å². The summed E-state index contributed by atoms with van der Waals surface area (Å²) in [4.78, 5) is 8.62. The number of anilines is 1. The average Bonchev–Trinajstić information content (AvgIpc) is 2.80. The first-order chi connectivity index (χ1) is 9.99. The Morgan fingerprint density at radius 1 is 1.29 bits per heavy atom. The van der Waals surface area contributed by atoms with E-state index in [2.05, 4.69) is 44.8 Å². The van der Waals surface area contributed by atoms with Gasteiger partial charge in [0.2, 0.25) is 0 Å². The molecular formula is C16H31N3OS. The summed E-state index contributed by atoms with van der Waals surface area (Å²) in [6.45, 7) is 13.5. The van der Waals surface area contributed by atoms with Crippen molar-refractivity contribution in [1.29, 1.82) is 0 Å². The van der Waals surface area contributed by atoms with Crippen LogP contribution in [0.3, 0.4) is 0 Å². The molecule has 1 heterocycles. The Morgan fingerprint density at radius 3 is 2.52 bits per heavy atom. The van der Waals surface area contributed by atoms with Gasteiger partial charge in [-0.15, -0.1) is 11.3 Å². The average molecular weight is 314 g/mol. The van der Waals surface area contributed by atoms with Crippen molar-refractivity contribution in [2.24, 2.45) is 0 Å². The van der Waals surface area contributed by atoms with Crippen LogP contribution in [-0.4, -0.2) is 37.3 Å². The molecule has 1 N–H and O–H groups in total. The lowest BCUT2D eigenvalue weighted by Crippen LogP contribution is -2.33. The summed E-state index contributed by atoms with van der Waals surface area (Å²) in [7, 11) is 1.75. The number of nitrogens with one attached hydrogen (secondary N) is 1. The first-order valence-electron chi connectivity index (χ1n) is 7.97. The van der Waals surface area contributed by atoms with Crippen LogP contribution < -0.4 is 10.2 Å². The third-order valence-corrected chi connectivity index (χ3v) is 4.46. The van der Waals surface area contributed by atoms with Gasteiger partial charge in [0.1, 0.15) is 0 Å². The highest BCUT2D eigenvalue weighted by atomic mass is 32.1. The molecule has 0 aromatic carbocycles. The maximum Gasteiger partial charge on any atom is 0.186 e. The summed E-state index contributed by atoms with van der Waals surface area (Å²) in [6.07, 6.45) is 2.19. The number of hydrogen-bond donors (Lipinski definition) is 1. The summed E-state index contributed by atoms with van der Waals surface area (Å²) in [5, 5.41) is 4.64. The molecule has 0 unspecified atom stereocenters. The molecule has 0 aliphatic rings. The van der Waals surface area contributed by atoms with Gasteiger partial charge >= 0.3 is 0 Å². The van der Waals surface area contributed by atoms with Gasteiger partial charge in [-0.1, -0.05) is 27.2 Å². The number of rotatable bonds is 10. The van der Waals surface area contributed by atoms with Crippen LogP contribution in [-0.2, 0) is 17.7 Å². The molecular weight excluding hydrogens is 282 g/mol. The van der Waals surface area contributed by atoms with E-state index in [-0.39, 0.29) is 0 Å². The second kappa shape index (κ2) is 9.38. The Bertz CT molecular complexity index is 404. The SMILES string of the molecule is CCCc1nc(N(CCOC)C(C)C)sc1CNC(C)C. The zero-order chi connectivity index (χ0) is 15.8. The predicted molar refractivity (Wildman–Crippen MR) is 92.4 cm³/mol. The minimum absolute atomic E-state index is 0.437. The first kappa shape index (κ1) is 18.4. The molecule has 0 amide bonds. The van der Waals surface area contributed by atoms with E-state index >= 15 is 0 Å². The minimum Gasteiger partial charge on any atom is -0.383 e. The monoisotopic (exact) mass is 313 g/mol. The van der Waals surface area contributed by atoms with Gasteiger partial charge in [-0.2, -0.15) is 0 Å². The molecule has 0 saturated carbocycles. The number of aromatic nitrogens is 1. The van der Waals surface area contributed by atoms with Crippen molar-refractivity contribution in [3.63, 3.8) is 0 Å². The molecule has 0 aliphatic heterocycles. The van der Waals surface area contributed by atoms with E-state index in [1.807, 2.05) is 11.3 Å². The Kier molecular flexibility index (Phi) is 8.22. The molecule has 0 bridgehead atoms. The van der Waals surface area contributed by atoms with Crippen LogP contribution in [0, 0.1) is 0 Å². The van der Waals surface area contributed by atoms with Crippen LogP contribution in [0.2, 0.25) is 0 Å². The second-order valence-electron chi connectivity index (χ2n) is 5.93. The smallest absolute Gasteiger partial charge is 0.186 e. The van der Waals surface area contributed by atoms with Gasteiger partial charge in [0.15, 0.2) is 5.13 Å². The van der Waals surface area contributed by atoms with Gasteiger partial charge in [-0.3, -0.25) is 0 Å². The fraction of sp³-hybridized carbons (Fsp3) is 0.812. The quantitative estimate of drug-likeness (QED) is 0.718. The van der Waals surface area contributed by atoms with Gasteiger partial charge in [-0.25, -0.2) is 4.98 Å². The van der Waals surface area contributed by atoms with Crippen molar-refractivity contribution in [2.45, 2.75) is 66.1 Å². The number of hydrogen-bond acceptors (Lipinski definition) is 5. The molecule has 0 atom stereocenters. The zero-order valence-corrected chi connectivity index (χ0v) is 15.2. The summed E-state index contributed by atoms with van der Waals surface area (Å²) in [5.41, 5.74) is 1.26. The molecule has 5 heteroatoms. The molecule has 1 aromatic rings. The summed E-state index contributed by atoms with van der Waals surface area (Å²) in [6, 6.07) is 0.936. The largest absolute Gasteiger partial charge is 0.383 e. The second-order valence-corrected chi connectivity index (χ2v) is 6.99. The molecule has 21 heavy (non-hydrogen) atoms. The van der Waals surface area contributed by atoms with Crippen LogP contribution in [0.15, 0.2) is 0 Å². The molecule has 0 spiro atoms. The maximum absolute atomic E-state index is 5.23. The zero-order valence-electron chi connectivity index (χ0n) is 14.4. The van der Waals surface area contributed by atoms with Crippen molar-refractivity contribution in [1.82, 2.24) is 10.3 Å². The highest BCUT2D eigenvalue weighted by Gasteiger charge is 2.18. The van der Waals surface area contributed by atoms with E-state index < -0.39 is 0 Å². The normalized spacial score (nSPS) is 11.6. The summed E-state index contributed by atoms with van der Waals surface area (Å²) >= 11 is 1.83. The number of aryl methyl sites for hydroxylation is 1. The Balaban J connectivity index is 2.91. The van der Waals surface area contributed by atoms with Gasteiger partial charge in [0.25, 0.3) is 0 Å². The predicted octanol–water partition coefficient (Wildman–Crippen LogP) is 3.45. The van der Waals surface area contributed by atoms with Crippen LogP contribution in [0.1, 0.15) is 51.6 Å². The fourth-order valence-electron chi connectivity index (χ4n) is 2.12. The molecule has 122 valence electrons. The molecule has 0 fully saturated rings. The first-order valence-corrected chi connectivity index (χ1v) is 8.78. The van der Waals surface area contributed by atoms with E-state index in [1.54, 1.807) is 7.11 Å². The van der Waals surface area contributed by atoms with E-state index in [0.717, 1.165) is 37.7 Å². The molecule has 0 saturated heterocycles. The van der Waals surface area contributed by atoms with Gasteiger partial charge in [0, 0.05) is 37.2 Å². The molecule has 1 aromatic heterocycles. The highest BCUT2D eigenvalue weighted by molar-refractivity contribution is 7.15. The molecule has 4 nitrogen and oxygen atoms in total. The van der Waals surface area contributed by atoms with Crippen molar-refractivity contribution in [3.8, 4) is 0 Å². The third-order valence-electron chi connectivity index (χ3n) is 3.33. The molecule has 0 radical (unpaired) electrons. The maximum atomic E-state index is 5.23.